The molecule has 2 fully saturated rings. The van der Waals surface area contributed by atoms with Crippen molar-refractivity contribution >= 4 is 64.6 Å². The standard InChI is InChI=1S/C25H35Cl3O13/c1-12(29)35-10-18-20(28)23(38-15(4)32)21(36-13(2)30)19(40-18)9-34-7-6-25(11-27)24(39-16(5)33)22(37-14(3)31)17(8-26)41-25/h17-24H,6-11H2,1-5H3/t17-,18+,19-,20-,21+,22+,23+,24+,25-/m1/s1. The summed E-state index contributed by atoms with van der Waals surface area (Å²) in [6, 6.07) is 0. The Bertz CT molecular complexity index is 950. The fraction of sp³-hybridized carbons (Fsp3) is 0.800. The Labute approximate surface area is 252 Å². The van der Waals surface area contributed by atoms with Crippen LogP contribution >= 0.6 is 34.8 Å². The van der Waals surface area contributed by atoms with E-state index in [2.05, 4.69) is 0 Å². The number of ether oxygens (including phenoxy) is 8. The van der Waals surface area contributed by atoms with Gasteiger partial charge in [0.05, 0.1) is 18.4 Å². The normalized spacial score (nSPS) is 33.0. The second-order valence-corrected chi connectivity index (χ2v) is 10.6. The molecule has 9 atom stereocenters. The van der Waals surface area contributed by atoms with Gasteiger partial charge in [0.25, 0.3) is 0 Å². The Kier molecular flexibility index (Phi) is 13.8. The molecule has 0 aromatic carbocycles. The van der Waals surface area contributed by atoms with Crippen LogP contribution in [0.4, 0.5) is 0 Å². The summed E-state index contributed by atoms with van der Waals surface area (Å²) in [5.74, 6) is -3.45. The van der Waals surface area contributed by atoms with Gasteiger partial charge < -0.3 is 37.9 Å². The molecule has 0 saturated carbocycles. The molecule has 0 amide bonds. The fourth-order valence-electron chi connectivity index (χ4n) is 4.66. The largest absolute Gasteiger partial charge is 0.463 e. The van der Waals surface area contributed by atoms with Gasteiger partial charge in [0.1, 0.15) is 35.9 Å². The van der Waals surface area contributed by atoms with Gasteiger partial charge in [0.15, 0.2) is 24.4 Å². The van der Waals surface area contributed by atoms with Crippen molar-refractivity contribution in [3.63, 3.8) is 0 Å². The number of carbonyl (C=O) groups excluding carboxylic acids is 5. The highest BCUT2D eigenvalue weighted by molar-refractivity contribution is 6.21. The number of hydrogen-bond acceptors (Lipinski definition) is 13. The van der Waals surface area contributed by atoms with Crippen LogP contribution in [-0.4, -0.2) is 115 Å². The molecule has 2 aliphatic rings. The van der Waals surface area contributed by atoms with Crippen LogP contribution in [0.15, 0.2) is 0 Å². The van der Waals surface area contributed by atoms with E-state index in [1.165, 1.54) is 34.6 Å². The van der Waals surface area contributed by atoms with Gasteiger partial charge in [0.2, 0.25) is 0 Å². The Balaban J connectivity index is 2.22. The Morgan fingerprint density at radius 3 is 1.78 bits per heavy atom. The number of carbonyl (C=O) groups is 5. The van der Waals surface area contributed by atoms with Crippen LogP contribution < -0.4 is 0 Å². The molecule has 16 heteroatoms. The molecule has 0 N–H and O–H groups in total. The van der Waals surface area contributed by atoms with Gasteiger partial charge in [-0.3, -0.25) is 24.0 Å². The molecular weight excluding hydrogens is 615 g/mol. The van der Waals surface area contributed by atoms with Gasteiger partial charge in [-0.2, -0.15) is 0 Å². The topological polar surface area (TPSA) is 159 Å². The van der Waals surface area contributed by atoms with Crippen molar-refractivity contribution in [2.24, 2.45) is 0 Å². The first-order chi connectivity index (χ1) is 19.2. The average Bonchev–Trinajstić information content (AvgIpc) is 3.15. The predicted molar refractivity (Wildman–Crippen MR) is 142 cm³/mol. The second kappa shape index (κ2) is 16.1. The molecule has 234 valence electrons. The lowest BCUT2D eigenvalue weighted by molar-refractivity contribution is -0.219. The summed E-state index contributed by atoms with van der Waals surface area (Å²) in [5.41, 5.74) is -1.32. The maximum atomic E-state index is 11.9. The quantitative estimate of drug-likeness (QED) is 0.123. The fourth-order valence-corrected chi connectivity index (χ4v) is 5.57. The zero-order valence-electron chi connectivity index (χ0n) is 23.3. The minimum absolute atomic E-state index is 0.0456. The van der Waals surface area contributed by atoms with E-state index in [0.717, 1.165) is 0 Å². The zero-order chi connectivity index (χ0) is 30.9. The maximum absolute atomic E-state index is 11.9. The number of hydrogen-bond donors (Lipinski definition) is 0. The van der Waals surface area contributed by atoms with E-state index in [1.807, 2.05) is 0 Å². The highest BCUT2D eigenvalue weighted by Gasteiger charge is 2.58. The average molecular weight is 650 g/mol. The third kappa shape index (κ3) is 9.82. The summed E-state index contributed by atoms with van der Waals surface area (Å²) in [4.78, 5) is 58.7. The van der Waals surface area contributed by atoms with Gasteiger partial charge in [-0.15, -0.1) is 34.8 Å². The van der Waals surface area contributed by atoms with Crippen LogP contribution in [0.2, 0.25) is 0 Å². The molecule has 0 aromatic rings. The summed E-state index contributed by atoms with van der Waals surface area (Å²) in [6.07, 6.45) is -7.06. The van der Waals surface area contributed by atoms with Crippen molar-refractivity contribution < 1.29 is 61.9 Å². The van der Waals surface area contributed by atoms with E-state index in [4.69, 9.17) is 72.7 Å². The Morgan fingerprint density at radius 1 is 0.707 bits per heavy atom. The predicted octanol–water partition coefficient (Wildman–Crippen LogP) is 1.67. The van der Waals surface area contributed by atoms with Crippen LogP contribution in [0.3, 0.4) is 0 Å². The first kappa shape index (κ1) is 35.3. The summed E-state index contributed by atoms with van der Waals surface area (Å²) < 4.78 is 44.5. The third-order valence-electron chi connectivity index (χ3n) is 6.26. The molecule has 41 heavy (non-hydrogen) atoms. The van der Waals surface area contributed by atoms with Crippen LogP contribution in [0, 0.1) is 0 Å². The van der Waals surface area contributed by atoms with E-state index in [9.17, 15) is 24.0 Å². The van der Waals surface area contributed by atoms with Crippen molar-refractivity contribution in [3.8, 4) is 0 Å². The van der Waals surface area contributed by atoms with Gasteiger partial charge in [-0.1, -0.05) is 0 Å². The molecular formula is C25H35Cl3O13. The molecule has 0 bridgehead atoms. The van der Waals surface area contributed by atoms with Crippen molar-refractivity contribution in [1.82, 2.24) is 0 Å². The minimum atomic E-state index is -1.32. The Hall–Kier alpha value is -1.90. The Morgan fingerprint density at radius 2 is 1.27 bits per heavy atom. The molecule has 2 saturated heterocycles. The monoisotopic (exact) mass is 648 g/mol. The molecule has 0 aromatic heterocycles. The number of halogens is 3. The lowest BCUT2D eigenvalue weighted by Gasteiger charge is -2.43. The number of rotatable bonds is 13. The van der Waals surface area contributed by atoms with Crippen molar-refractivity contribution in [1.29, 1.82) is 0 Å². The van der Waals surface area contributed by atoms with Crippen molar-refractivity contribution in [3.05, 3.63) is 0 Å². The minimum Gasteiger partial charge on any atom is -0.463 e. The lowest BCUT2D eigenvalue weighted by Crippen LogP contribution is -2.60. The summed E-state index contributed by atoms with van der Waals surface area (Å²) in [5, 5.41) is -1.03. The molecule has 2 heterocycles. The number of alkyl halides is 3. The van der Waals surface area contributed by atoms with Crippen LogP contribution in [0.5, 0.6) is 0 Å². The molecule has 2 aliphatic heterocycles. The number of esters is 5. The highest BCUT2D eigenvalue weighted by Crippen LogP contribution is 2.40. The van der Waals surface area contributed by atoms with E-state index in [-0.39, 0.29) is 38.0 Å². The van der Waals surface area contributed by atoms with E-state index in [0.29, 0.717) is 0 Å². The molecule has 0 unspecified atom stereocenters. The SMILES string of the molecule is CC(=O)OC[C@@H]1O[C@H](COCC[C@]2(CCl)O[C@H](CCl)[C@H](OC(C)=O)[C@@H]2OC(C)=O)[C@H](OC(C)=O)[C@@H](OC(C)=O)[C@@H]1Cl. The zero-order valence-corrected chi connectivity index (χ0v) is 25.6. The van der Waals surface area contributed by atoms with Crippen molar-refractivity contribution in [2.45, 2.75) is 94.7 Å². The molecule has 0 radical (unpaired) electrons. The lowest BCUT2D eigenvalue weighted by atomic mass is 9.92. The second-order valence-electron chi connectivity index (χ2n) is 9.55. The van der Waals surface area contributed by atoms with Crippen LogP contribution in [0.1, 0.15) is 41.0 Å². The third-order valence-corrected chi connectivity index (χ3v) is 7.54. The summed E-state index contributed by atoms with van der Waals surface area (Å²) >= 11 is 18.8. The molecule has 2 rings (SSSR count). The van der Waals surface area contributed by atoms with E-state index >= 15 is 0 Å². The first-order valence-electron chi connectivity index (χ1n) is 12.7. The van der Waals surface area contributed by atoms with Crippen LogP contribution in [-0.2, 0) is 61.9 Å². The van der Waals surface area contributed by atoms with E-state index in [1.54, 1.807) is 0 Å². The molecule has 13 nitrogen and oxygen atoms in total. The van der Waals surface area contributed by atoms with Gasteiger partial charge in [0, 0.05) is 47.6 Å². The van der Waals surface area contributed by atoms with Gasteiger partial charge >= 0.3 is 29.8 Å². The maximum Gasteiger partial charge on any atom is 0.303 e. The first-order valence-corrected chi connectivity index (χ1v) is 14.2. The smallest absolute Gasteiger partial charge is 0.303 e. The van der Waals surface area contributed by atoms with Gasteiger partial charge in [-0.05, 0) is 0 Å². The summed E-state index contributed by atoms with van der Waals surface area (Å²) in [7, 11) is 0. The highest BCUT2D eigenvalue weighted by atomic mass is 35.5. The van der Waals surface area contributed by atoms with E-state index < -0.39 is 83.6 Å². The molecule has 0 aliphatic carbocycles. The summed E-state index contributed by atoms with van der Waals surface area (Å²) in [6.45, 7) is 5.44. The molecule has 0 spiro atoms. The van der Waals surface area contributed by atoms with Crippen LogP contribution in [0.25, 0.3) is 0 Å². The van der Waals surface area contributed by atoms with Gasteiger partial charge in [-0.25, -0.2) is 0 Å². The van der Waals surface area contributed by atoms with Crippen molar-refractivity contribution in [2.75, 3.05) is 31.6 Å².